The minimum Gasteiger partial charge on any atom is -0.482 e. The van der Waals surface area contributed by atoms with Gasteiger partial charge in [-0.2, -0.15) is 0 Å². The van der Waals surface area contributed by atoms with Gasteiger partial charge in [0.2, 0.25) is 11.0 Å². The summed E-state index contributed by atoms with van der Waals surface area (Å²) < 4.78 is 8.35. The maximum atomic E-state index is 12.7. The monoisotopic (exact) mass is 488 g/mol. The van der Waals surface area contributed by atoms with Gasteiger partial charge in [-0.05, 0) is 51.7 Å². The van der Waals surface area contributed by atoms with Gasteiger partial charge in [0.1, 0.15) is 10.8 Å². The minimum atomic E-state index is -0.383. The number of aromatic nitrogens is 5. The van der Waals surface area contributed by atoms with E-state index in [2.05, 4.69) is 59.5 Å². The Kier molecular flexibility index (Phi) is 8.47. The fourth-order valence-corrected chi connectivity index (χ4v) is 4.98. The van der Waals surface area contributed by atoms with Gasteiger partial charge in [-0.1, -0.05) is 62.1 Å². The van der Waals surface area contributed by atoms with Crippen molar-refractivity contribution < 1.29 is 9.53 Å². The second kappa shape index (κ2) is 11.1. The first kappa shape index (κ1) is 25.2. The Morgan fingerprint density at radius 3 is 2.45 bits per heavy atom. The van der Waals surface area contributed by atoms with Crippen molar-refractivity contribution in [2.45, 2.75) is 83.4 Å². The van der Waals surface area contributed by atoms with E-state index in [0.29, 0.717) is 16.2 Å². The van der Waals surface area contributed by atoms with Crippen molar-refractivity contribution in [3.63, 3.8) is 0 Å². The molecule has 0 aliphatic heterocycles. The zero-order valence-corrected chi connectivity index (χ0v) is 21.8. The molecule has 1 aromatic carbocycles. The predicted molar refractivity (Wildman–Crippen MR) is 133 cm³/mol. The number of para-hydroxylation sites is 1. The molecule has 0 fully saturated rings. The summed E-state index contributed by atoms with van der Waals surface area (Å²) in [7, 11) is 0. The third kappa shape index (κ3) is 6.11. The van der Waals surface area contributed by atoms with E-state index in [-0.39, 0.29) is 23.3 Å². The Bertz CT molecular complexity index is 1080. The zero-order valence-electron chi connectivity index (χ0n) is 20.2. The highest BCUT2D eigenvalue weighted by Crippen LogP contribution is 2.33. The third-order valence-electron chi connectivity index (χ3n) is 5.07. The zero-order chi connectivity index (χ0) is 24.1. The number of rotatable bonds is 10. The molecule has 0 bridgehead atoms. The van der Waals surface area contributed by atoms with Gasteiger partial charge in [-0.25, -0.2) is 0 Å². The number of anilines is 1. The standard InChI is InChI=1S/C23H32N6O2S2/c1-8-19-25-27-22(33-19)24-21(30)16(7)32-23-28-26-20(29(23)14(4)5)15(6)31-18-12-10-9-11-17(18)13(2)3/h9-16H,8H2,1-7H3,(H,24,27,30). The molecular formula is C23H32N6O2S2. The lowest BCUT2D eigenvalue weighted by Crippen LogP contribution is -2.23. The minimum absolute atomic E-state index is 0.106. The maximum absolute atomic E-state index is 12.7. The van der Waals surface area contributed by atoms with Crippen LogP contribution >= 0.6 is 23.1 Å². The average Bonchev–Trinajstić information content (AvgIpc) is 3.40. The highest BCUT2D eigenvalue weighted by atomic mass is 32.2. The second-order valence-electron chi connectivity index (χ2n) is 8.36. The molecule has 8 nitrogen and oxygen atoms in total. The summed E-state index contributed by atoms with van der Waals surface area (Å²) in [5.74, 6) is 1.79. The van der Waals surface area contributed by atoms with Crippen LogP contribution in [-0.2, 0) is 11.2 Å². The lowest BCUT2D eigenvalue weighted by molar-refractivity contribution is -0.115. The van der Waals surface area contributed by atoms with Crippen molar-refractivity contribution in [3.05, 3.63) is 40.7 Å². The molecule has 0 spiro atoms. The van der Waals surface area contributed by atoms with E-state index in [9.17, 15) is 4.79 Å². The summed E-state index contributed by atoms with van der Waals surface area (Å²) in [6.45, 7) is 14.3. The highest BCUT2D eigenvalue weighted by Gasteiger charge is 2.26. The molecule has 2 aromatic heterocycles. The topological polar surface area (TPSA) is 94.8 Å². The van der Waals surface area contributed by atoms with E-state index in [1.165, 1.54) is 23.1 Å². The molecule has 2 unspecified atom stereocenters. The van der Waals surface area contributed by atoms with Crippen LogP contribution in [0.25, 0.3) is 0 Å². The van der Waals surface area contributed by atoms with Gasteiger partial charge < -0.3 is 9.30 Å². The average molecular weight is 489 g/mol. The smallest absolute Gasteiger partial charge is 0.239 e. The van der Waals surface area contributed by atoms with Crippen LogP contribution in [0, 0.1) is 0 Å². The van der Waals surface area contributed by atoms with E-state index in [0.717, 1.165) is 28.6 Å². The molecular weight excluding hydrogens is 456 g/mol. The molecule has 0 aliphatic rings. The molecule has 33 heavy (non-hydrogen) atoms. The van der Waals surface area contributed by atoms with Gasteiger partial charge in [0.25, 0.3) is 0 Å². The number of carbonyl (C=O) groups is 1. The summed E-state index contributed by atoms with van der Waals surface area (Å²) in [6, 6.07) is 8.18. The van der Waals surface area contributed by atoms with E-state index < -0.39 is 0 Å². The molecule has 1 N–H and O–H groups in total. The molecule has 2 heterocycles. The molecule has 0 radical (unpaired) electrons. The van der Waals surface area contributed by atoms with Crippen LogP contribution in [0.1, 0.15) is 82.9 Å². The summed E-state index contributed by atoms with van der Waals surface area (Å²) in [6.07, 6.45) is 0.493. The number of aryl methyl sites for hydroxylation is 1. The maximum Gasteiger partial charge on any atom is 0.239 e. The van der Waals surface area contributed by atoms with E-state index in [4.69, 9.17) is 4.74 Å². The SMILES string of the molecule is CCc1nnc(NC(=O)C(C)Sc2nnc(C(C)Oc3ccccc3C(C)C)n2C(C)C)s1. The Labute approximate surface area is 203 Å². The molecule has 0 saturated heterocycles. The number of thioether (sulfide) groups is 1. The summed E-state index contributed by atoms with van der Waals surface area (Å²) in [4.78, 5) is 12.7. The number of hydrogen-bond acceptors (Lipinski definition) is 8. The predicted octanol–water partition coefficient (Wildman–Crippen LogP) is 5.66. The van der Waals surface area contributed by atoms with Gasteiger partial charge in [0, 0.05) is 6.04 Å². The van der Waals surface area contributed by atoms with Crippen LogP contribution in [0.15, 0.2) is 29.4 Å². The van der Waals surface area contributed by atoms with Gasteiger partial charge in [-0.3, -0.25) is 10.1 Å². The van der Waals surface area contributed by atoms with Gasteiger partial charge in [0.05, 0.1) is 5.25 Å². The molecule has 3 rings (SSSR count). The molecule has 10 heteroatoms. The third-order valence-corrected chi connectivity index (χ3v) is 7.11. The van der Waals surface area contributed by atoms with E-state index in [1.807, 2.05) is 43.5 Å². The first-order chi connectivity index (χ1) is 15.7. The lowest BCUT2D eigenvalue weighted by Gasteiger charge is -2.21. The van der Waals surface area contributed by atoms with Gasteiger partial charge in [0.15, 0.2) is 17.1 Å². The number of nitrogens with one attached hydrogen (secondary N) is 1. The Morgan fingerprint density at radius 1 is 1.09 bits per heavy atom. The molecule has 3 aromatic rings. The first-order valence-corrected chi connectivity index (χ1v) is 12.9. The summed E-state index contributed by atoms with van der Waals surface area (Å²) >= 11 is 2.76. The Morgan fingerprint density at radius 2 is 1.82 bits per heavy atom. The van der Waals surface area contributed by atoms with Crippen LogP contribution in [0.5, 0.6) is 5.75 Å². The summed E-state index contributed by atoms with van der Waals surface area (Å²) in [5.41, 5.74) is 1.16. The van der Waals surface area contributed by atoms with Crippen molar-refractivity contribution in [1.82, 2.24) is 25.0 Å². The van der Waals surface area contributed by atoms with E-state index in [1.54, 1.807) is 0 Å². The van der Waals surface area contributed by atoms with Crippen molar-refractivity contribution >= 4 is 34.1 Å². The lowest BCUT2D eigenvalue weighted by atomic mass is 10.0. The van der Waals surface area contributed by atoms with Crippen LogP contribution in [0.3, 0.4) is 0 Å². The number of benzene rings is 1. The number of amides is 1. The van der Waals surface area contributed by atoms with Crippen molar-refractivity contribution in [3.8, 4) is 5.75 Å². The second-order valence-corrected chi connectivity index (χ2v) is 10.7. The van der Waals surface area contributed by atoms with Gasteiger partial charge >= 0.3 is 0 Å². The first-order valence-electron chi connectivity index (χ1n) is 11.2. The normalized spacial score (nSPS) is 13.4. The summed E-state index contributed by atoms with van der Waals surface area (Å²) in [5, 5.41) is 21.5. The molecule has 178 valence electrons. The quantitative estimate of drug-likeness (QED) is 0.368. The van der Waals surface area contributed by atoms with Crippen molar-refractivity contribution in [1.29, 1.82) is 0 Å². The number of hydrogen-bond donors (Lipinski definition) is 1. The fourth-order valence-electron chi connectivity index (χ4n) is 3.30. The fraction of sp³-hybridized carbons (Fsp3) is 0.522. The van der Waals surface area contributed by atoms with Crippen LogP contribution in [0.4, 0.5) is 5.13 Å². The van der Waals surface area contributed by atoms with Crippen LogP contribution in [0.2, 0.25) is 0 Å². The van der Waals surface area contributed by atoms with Crippen molar-refractivity contribution in [2.24, 2.45) is 0 Å². The van der Waals surface area contributed by atoms with Crippen LogP contribution in [-0.4, -0.2) is 36.1 Å². The highest BCUT2D eigenvalue weighted by molar-refractivity contribution is 8.00. The Balaban J connectivity index is 1.75. The molecule has 1 amide bonds. The molecule has 0 saturated carbocycles. The number of ether oxygens (including phenoxy) is 1. The van der Waals surface area contributed by atoms with Crippen molar-refractivity contribution in [2.75, 3.05) is 5.32 Å². The van der Waals surface area contributed by atoms with Gasteiger partial charge in [-0.15, -0.1) is 20.4 Å². The molecule has 0 aliphatic carbocycles. The van der Waals surface area contributed by atoms with Crippen LogP contribution < -0.4 is 10.1 Å². The number of carbonyl (C=O) groups excluding carboxylic acids is 1. The molecule has 2 atom stereocenters. The largest absolute Gasteiger partial charge is 0.482 e. The Hall–Kier alpha value is -2.46. The van der Waals surface area contributed by atoms with E-state index >= 15 is 0 Å². The number of nitrogens with zero attached hydrogens (tertiary/aromatic N) is 5.